The number of rotatable bonds is 7. The average Bonchev–Trinajstić information content (AvgIpc) is 2.85. The van der Waals surface area contributed by atoms with Gasteiger partial charge in [0.2, 0.25) is 0 Å². The number of piperidine rings is 1. The van der Waals surface area contributed by atoms with Crippen LogP contribution in [0.15, 0.2) is 66.7 Å². The van der Waals surface area contributed by atoms with Crippen LogP contribution < -0.4 is 4.90 Å². The van der Waals surface area contributed by atoms with Crippen molar-refractivity contribution in [3.63, 3.8) is 0 Å². The smallest absolute Gasteiger partial charge is 0.324 e. The molecule has 33 heavy (non-hydrogen) atoms. The van der Waals surface area contributed by atoms with Crippen LogP contribution in [0.1, 0.15) is 50.5 Å². The fourth-order valence-electron chi connectivity index (χ4n) is 4.56. The second kappa shape index (κ2) is 10.6. The first-order valence-electron chi connectivity index (χ1n) is 11.9. The van der Waals surface area contributed by atoms with Crippen LogP contribution in [-0.2, 0) is 0 Å². The number of urea groups is 1. The third-order valence-electron chi connectivity index (χ3n) is 6.53. The molecule has 0 aromatic heterocycles. The van der Waals surface area contributed by atoms with Gasteiger partial charge in [-0.2, -0.15) is 0 Å². The van der Waals surface area contributed by atoms with Crippen LogP contribution in [0.4, 0.5) is 14.9 Å². The predicted octanol–water partition coefficient (Wildman–Crippen LogP) is 6.99. The SMILES string of the molecule is CC(CC(=N)CCN(C(=O)N1CCCCC1)c1ccc(F)cc1)c1ccc2ccccc2c1. The lowest BCUT2D eigenvalue weighted by molar-refractivity contribution is 0.193. The minimum absolute atomic E-state index is 0.0447. The molecule has 172 valence electrons. The summed E-state index contributed by atoms with van der Waals surface area (Å²) in [5.74, 6) is -0.0970. The van der Waals surface area contributed by atoms with Crippen LogP contribution in [-0.4, -0.2) is 36.3 Å². The number of halogens is 1. The number of benzene rings is 3. The highest BCUT2D eigenvalue weighted by atomic mass is 19.1. The van der Waals surface area contributed by atoms with Crippen molar-refractivity contribution in [2.24, 2.45) is 0 Å². The number of amides is 2. The first-order valence-corrected chi connectivity index (χ1v) is 11.9. The summed E-state index contributed by atoms with van der Waals surface area (Å²) in [5, 5.41) is 11.0. The van der Waals surface area contributed by atoms with Crippen LogP contribution in [0.5, 0.6) is 0 Å². The van der Waals surface area contributed by atoms with Crippen molar-refractivity contribution in [1.82, 2.24) is 4.90 Å². The summed E-state index contributed by atoms with van der Waals surface area (Å²) < 4.78 is 13.5. The summed E-state index contributed by atoms with van der Waals surface area (Å²) in [5.41, 5.74) is 2.52. The summed E-state index contributed by atoms with van der Waals surface area (Å²) in [6, 6.07) is 20.8. The highest BCUT2D eigenvalue weighted by molar-refractivity contribution is 5.93. The number of hydrogen-bond acceptors (Lipinski definition) is 2. The fourth-order valence-corrected chi connectivity index (χ4v) is 4.56. The molecule has 1 N–H and O–H groups in total. The van der Waals surface area contributed by atoms with Gasteiger partial charge in [0.1, 0.15) is 5.82 Å². The molecule has 1 saturated heterocycles. The summed E-state index contributed by atoms with van der Waals surface area (Å²) in [4.78, 5) is 16.8. The van der Waals surface area contributed by atoms with Crippen LogP contribution >= 0.6 is 0 Å². The molecule has 0 saturated carbocycles. The second-order valence-electron chi connectivity index (χ2n) is 9.02. The normalized spacial score (nSPS) is 14.8. The van der Waals surface area contributed by atoms with Gasteiger partial charge in [-0.05, 0) is 72.2 Å². The van der Waals surface area contributed by atoms with E-state index in [9.17, 15) is 9.18 Å². The van der Waals surface area contributed by atoms with Gasteiger partial charge in [-0.1, -0.05) is 49.4 Å². The van der Waals surface area contributed by atoms with E-state index in [4.69, 9.17) is 5.41 Å². The Morgan fingerprint density at radius 2 is 1.70 bits per heavy atom. The van der Waals surface area contributed by atoms with Gasteiger partial charge in [0.05, 0.1) is 0 Å². The largest absolute Gasteiger partial charge is 0.324 e. The number of carbonyl (C=O) groups is 1. The molecule has 1 aliphatic rings. The van der Waals surface area contributed by atoms with E-state index in [1.165, 1.54) is 28.5 Å². The molecule has 4 rings (SSSR count). The van der Waals surface area contributed by atoms with Crippen LogP contribution in [0.25, 0.3) is 10.8 Å². The standard InChI is InChI=1S/C28H32FN3O/c1-21(23-10-9-22-7-3-4-8-24(22)20-23)19-26(30)15-18-32(27-13-11-25(29)12-14-27)28(33)31-16-5-2-6-17-31/h3-4,7-14,20-21,30H,2,5-6,15-19H2,1H3. The second-order valence-corrected chi connectivity index (χ2v) is 9.02. The van der Waals surface area contributed by atoms with Crippen molar-refractivity contribution in [2.75, 3.05) is 24.5 Å². The van der Waals surface area contributed by atoms with E-state index in [0.29, 0.717) is 30.8 Å². The third kappa shape index (κ3) is 5.78. The Labute approximate surface area is 195 Å². The van der Waals surface area contributed by atoms with Gasteiger partial charge in [0.25, 0.3) is 0 Å². The topological polar surface area (TPSA) is 47.4 Å². The number of anilines is 1. The fraction of sp³-hybridized carbons (Fsp3) is 0.357. The molecular formula is C28H32FN3O. The molecule has 3 aromatic rings. The Morgan fingerprint density at radius 3 is 2.42 bits per heavy atom. The predicted molar refractivity (Wildman–Crippen MR) is 134 cm³/mol. The van der Waals surface area contributed by atoms with Crippen LogP contribution in [0.3, 0.4) is 0 Å². The highest BCUT2D eigenvalue weighted by Gasteiger charge is 2.24. The number of carbonyl (C=O) groups excluding carboxylic acids is 1. The van der Waals surface area contributed by atoms with E-state index >= 15 is 0 Å². The van der Waals surface area contributed by atoms with Crippen molar-refractivity contribution in [3.05, 3.63) is 78.1 Å². The molecule has 2 amide bonds. The zero-order valence-electron chi connectivity index (χ0n) is 19.3. The highest BCUT2D eigenvalue weighted by Crippen LogP contribution is 2.25. The minimum Gasteiger partial charge on any atom is -0.324 e. The first-order chi connectivity index (χ1) is 16.0. The number of fused-ring (bicyclic) bond motifs is 1. The van der Waals surface area contributed by atoms with E-state index in [-0.39, 0.29) is 17.8 Å². The molecule has 1 unspecified atom stereocenters. The van der Waals surface area contributed by atoms with Gasteiger partial charge in [-0.3, -0.25) is 4.90 Å². The Balaban J connectivity index is 1.41. The monoisotopic (exact) mass is 445 g/mol. The lowest BCUT2D eigenvalue weighted by Crippen LogP contribution is -2.46. The van der Waals surface area contributed by atoms with Gasteiger partial charge >= 0.3 is 6.03 Å². The molecular weight excluding hydrogens is 413 g/mol. The number of hydrogen-bond donors (Lipinski definition) is 1. The average molecular weight is 446 g/mol. The lowest BCUT2D eigenvalue weighted by atomic mass is 9.92. The molecule has 0 bridgehead atoms. The van der Waals surface area contributed by atoms with E-state index < -0.39 is 0 Å². The number of nitrogens with one attached hydrogen (secondary N) is 1. The quantitative estimate of drug-likeness (QED) is 0.391. The molecule has 0 spiro atoms. The van der Waals surface area contributed by atoms with E-state index in [1.54, 1.807) is 17.0 Å². The van der Waals surface area contributed by atoms with E-state index in [2.05, 4.69) is 37.3 Å². The zero-order valence-corrected chi connectivity index (χ0v) is 19.3. The molecule has 1 fully saturated rings. The number of nitrogens with zero attached hydrogens (tertiary/aromatic N) is 2. The van der Waals surface area contributed by atoms with Crippen molar-refractivity contribution in [2.45, 2.75) is 44.9 Å². The van der Waals surface area contributed by atoms with Crippen molar-refractivity contribution < 1.29 is 9.18 Å². The van der Waals surface area contributed by atoms with Crippen LogP contribution in [0, 0.1) is 11.2 Å². The summed E-state index contributed by atoms with van der Waals surface area (Å²) >= 11 is 0. The van der Waals surface area contributed by atoms with Gasteiger partial charge in [0, 0.05) is 37.5 Å². The van der Waals surface area contributed by atoms with Gasteiger partial charge in [-0.15, -0.1) is 0 Å². The van der Waals surface area contributed by atoms with E-state index in [1.807, 2.05) is 17.0 Å². The van der Waals surface area contributed by atoms with Crippen molar-refractivity contribution in [3.8, 4) is 0 Å². The third-order valence-corrected chi connectivity index (χ3v) is 6.53. The Hall–Kier alpha value is -3.21. The molecule has 1 heterocycles. The van der Waals surface area contributed by atoms with Gasteiger partial charge in [-0.25, -0.2) is 9.18 Å². The Bertz CT molecular complexity index is 1110. The molecule has 4 nitrogen and oxygen atoms in total. The maximum atomic E-state index is 13.5. The summed E-state index contributed by atoms with van der Waals surface area (Å²) in [6.07, 6.45) is 4.32. The van der Waals surface area contributed by atoms with Crippen molar-refractivity contribution >= 4 is 28.2 Å². The summed E-state index contributed by atoms with van der Waals surface area (Å²) in [7, 11) is 0. The van der Waals surface area contributed by atoms with E-state index in [0.717, 1.165) is 32.4 Å². The molecule has 1 aliphatic heterocycles. The molecule has 5 heteroatoms. The van der Waals surface area contributed by atoms with Crippen LogP contribution in [0.2, 0.25) is 0 Å². The Morgan fingerprint density at radius 1 is 1.00 bits per heavy atom. The van der Waals surface area contributed by atoms with Gasteiger partial charge in [0.15, 0.2) is 0 Å². The first kappa shape index (κ1) is 23.0. The Kier molecular flexibility index (Phi) is 7.38. The molecule has 3 aromatic carbocycles. The minimum atomic E-state index is -0.318. The molecule has 1 atom stereocenters. The zero-order chi connectivity index (χ0) is 23.2. The van der Waals surface area contributed by atoms with Gasteiger partial charge < -0.3 is 10.3 Å². The lowest BCUT2D eigenvalue weighted by Gasteiger charge is -2.33. The van der Waals surface area contributed by atoms with Crippen molar-refractivity contribution in [1.29, 1.82) is 5.41 Å². The number of likely N-dealkylation sites (tertiary alicyclic amines) is 1. The molecule has 0 aliphatic carbocycles. The molecule has 0 radical (unpaired) electrons. The summed E-state index contributed by atoms with van der Waals surface area (Å²) in [6.45, 7) is 4.08. The maximum absolute atomic E-state index is 13.5. The maximum Gasteiger partial charge on any atom is 0.324 e.